The van der Waals surface area contributed by atoms with Crippen LogP contribution in [0.5, 0.6) is 11.5 Å². The van der Waals surface area contributed by atoms with Gasteiger partial charge in [0.25, 0.3) is 0 Å². The lowest BCUT2D eigenvalue weighted by atomic mass is 9.94. The van der Waals surface area contributed by atoms with E-state index < -0.39 is 0 Å². The lowest BCUT2D eigenvalue weighted by molar-refractivity contribution is 0.490. The summed E-state index contributed by atoms with van der Waals surface area (Å²) < 4.78 is 6.43. The Balaban J connectivity index is 1.74. The first kappa shape index (κ1) is 14.8. The van der Waals surface area contributed by atoms with Crippen molar-refractivity contribution in [3.63, 3.8) is 0 Å². The van der Waals surface area contributed by atoms with Gasteiger partial charge in [-0.05, 0) is 35.4 Å². The van der Waals surface area contributed by atoms with E-state index in [-0.39, 0.29) is 0 Å². The Kier molecular flexibility index (Phi) is 3.46. The predicted molar refractivity (Wildman–Crippen MR) is 107 cm³/mol. The number of benzene rings is 4. The number of hydrogen-bond acceptors (Lipinski definition) is 2. The molecule has 0 spiro atoms. The van der Waals surface area contributed by atoms with Crippen LogP contribution in [0.1, 0.15) is 0 Å². The first-order chi connectivity index (χ1) is 12.9. The summed E-state index contributed by atoms with van der Waals surface area (Å²) in [6.45, 7) is 0. The molecule has 0 fully saturated rings. The molecule has 4 aromatic carbocycles. The molecule has 1 aliphatic rings. The molecule has 2 heteroatoms. The molecule has 1 heterocycles. The minimum atomic E-state index is 0.855. The topological polar surface area (TPSA) is 21.3 Å². The maximum absolute atomic E-state index is 6.43. The summed E-state index contributed by atoms with van der Waals surface area (Å²) >= 11 is 0. The van der Waals surface area contributed by atoms with E-state index in [0.717, 1.165) is 34.0 Å². The SMILES string of the molecule is c1ccc(Nc2cccc3c2Oc2ccccc2-c2ccccc2-3)cc1. The van der Waals surface area contributed by atoms with E-state index in [1.807, 2.05) is 30.3 Å². The molecule has 0 bridgehead atoms. The molecule has 0 amide bonds. The Morgan fingerprint density at radius 3 is 1.92 bits per heavy atom. The molecule has 26 heavy (non-hydrogen) atoms. The van der Waals surface area contributed by atoms with Crippen LogP contribution in [0.25, 0.3) is 22.3 Å². The lowest BCUT2D eigenvalue weighted by Crippen LogP contribution is -1.95. The highest BCUT2D eigenvalue weighted by Gasteiger charge is 2.22. The molecule has 0 aliphatic carbocycles. The van der Waals surface area contributed by atoms with Crippen molar-refractivity contribution in [2.45, 2.75) is 0 Å². The molecule has 5 rings (SSSR count). The molecule has 4 aromatic rings. The smallest absolute Gasteiger partial charge is 0.158 e. The largest absolute Gasteiger partial charge is 0.454 e. The van der Waals surface area contributed by atoms with E-state index in [1.54, 1.807) is 0 Å². The zero-order chi connectivity index (χ0) is 17.3. The van der Waals surface area contributed by atoms with Crippen molar-refractivity contribution >= 4 is 11.4 Å². The van der Waals surface area contributed by atoms with Crippen LogP contribution in [0.3, 0.4) is 0 Å². The third-order valence-corrected chi connectivity index (χ3v) is 4.67. The Bertz CT molecular complexity index is 1090. The highest BCUT2D eigenvalue weighted by Crippen LogP contribution is 2.49. The van der Waals surface area contributed by atoms with Crippen LogP contribution in [-0.2, 0) is 0 Å². The van der Waals surface area contributed by atoms with Gasteiger partial charge in [-0.15, -0.1) is 0 Å². The van der Waals surface area contributed by atoms with Crippen LogP contribution in [-0.4, -0.2) is 0 Å². The maximum atomic E-state index is 6.43. The Morgan fingerprint density at radius 1 is 0.500 bits per heavy atom. The highest BCUT2D eigenvalue weighted by molar-refractivity contribution is 5.93. The van der Waals surface area contributed by atoms with E-state index in [2.05, 4.69) is 72.0 Å². The second-order valence-corrected chi connectivity index (χ2v) is 6.32. The van der Waals surface area contributed by atoms with E-state index in [9.17, 15) is 0 Å². The quantitative estimate of drug-likeness (QED) is 0.380. The number of para-hydroxylation sites is 3. The Hall–Kier alpha value is -3.52. The molecule has 1 N–H and O–H groups in total. The van der Waals surface area contributed by atoms with Crippen LogP contribution >= 0.6 is 0 Å². The van der Waals surface area contributed by atoms with Crippen LogP contribution in [0.4, 0.5) is 11.4 Å². The van der Waals surface area contributed by atoms with Crippen molar-refractivity contribution in [2.24, 2.45) is 0 Å². The van der Waals surface area contributed by atoms with Crippen LogP contribution in [0, 0.1) is 0 Å². The maximum Gasteiger partial charge on any atom is 0.158 e. The molecule has 0 saturated heterocycles. The van der Waals surface area contributed by atoms with Crippen molar-refractivity contribution < 1.29 is 4.74 Å². The summed E-state index contributed by atoms with van der Waals surface area (Å²) in [5.41, 5.74) is 6.58. The number of hydrogen-bond donors (Lipinski definition) is 1. The van der Waals surface area contributed by atoms with Gasteiger partial charge < -0.3 is 10.1 Å². The number of rotatable bonds is 2. The summed E-state index contributed by atoms with van der Waals surface area (Å²) in [6, 6.07) is 33.1. The van der Waals surface area contributed by atoms with Gasteiger partial charge in [0.05, 0.1) is 5.69 Å². The molecule has 2 nitrogen and oxygen atoms in total. The van der Waals surface area contributed by atoms with Gasteiger partial charge in [0.1, 0.15) is 5.75 Å². The second-order valence-electron chi connectivity index (χ2n) is 6.32. The molecule has 0 saturated carbocycles. The molecular weight excluding hydrogens is 318 g/mol. The Morgan fingerprint density at radius 2 is 1.12 bits per heavy atom. The van der Waals surface area contributed by atoms with Crippen molar-refractivity contribution in [1.29, 1.82) is 0 Å². The van der Waals surface area contributed by atoms with Gasteiger partial charge in [-0.2, -0.15) is 0 Å². The Labute approximate surface area is 152 Å². The van der Waals surface area contributed by atoms with Crippen molar-refractivity contribution in [3.8, 4) is 33.8 Å². The molecule has 0 atom stereocenters. The minimum Gasteiger partial charge on any atom is -0.454 e. The van der Waals surface area contributed by atoms with Crippen molar-refractivity contribution in [3.05, 3.63) is 97.1 Å². The van der Waals surface area contributed by atoms with Gasteiger partial charge >= 0.3 is 0 Å². The van der Waals surface area contributed by atoms with E-state index in [1.165, 1.54) is 11.1 Å². The van der Waals surface area contributed by atoms with E-state index in [0.29, 0.717) is 0 Å². The zero-order valence-electron chi connectivity index (χ0n) is 14.1. The van der Waals surface area contributed by atoms with Crippen molar-refractivity contribution in [1.82, 2.24) is 0 Å². The summed E-state index contributed by atoms with van der Waals surface area (Å²) in [5, 5.41) is 3.50. The van der Waals surface area contributed by atoms with Gasteiger partial charge in [0, 0.05) is 16.8 Å². The molecular formula is C24H17NO. The fourth-order valence-corrected chi connectivity index (χ4v) is 3.48. The highest BCUT2D eigenvalue weighted by atomic mass is 16.5. The van der Waals surface area contributed by atoms with E-state index >= 15 is 0 Å². The van der Waals surface area contributed by atoms with Crippen LogP contribution < -0.4 is 10.1 Å². The summed E-state index contributed by atoms with van der Waals surface area (Å²) in [4.78, 5) is 0. The summed E-state index contributed by atoms with van der Waals surface area (Å²) in [5.74, 6) is 1.73. The lowest BCUT2D eigenvalue weighted by Gasteiger charge is -2.15. The number of nitrogens with one attached hydrogen (secondary N) is 1. The molecule has 0 aromatic heterocycles. The third-order valence-electron chi connectivity index (χ3n) is 4.67. The number of fused-ring (bicyclic) bond motifs is 5. The average molecular weight is 335 g/mol. The van der Waals surface area contributed by atoms with Crippen LogP contribution in [0.2, 0.25) is 0 Å². The minimum absolute atomic E-state index is 0.855. The standard InChI is InChI=1S/C24H17NO/c1-2-9-17(10-3-1)25-22-15-8-14-21-19-12-5-4-11-18(19)20-13-6-7-16-23(20)26-24(21)22/h1-16,25H. The normalized spacial score (nSPS) is 11.4. The summed E-state index contributed by atoms with van der Waals surface area (Å²) in [7, 11) is 0. The fraction of sp³-hybridized carbons (Fsp3) is 0. The zero-order valence-corrected chi connectivity index (χ0v) is 14.1. The fourth-order valence-electron chi connectivity index (χ4n) is 3.48. The number of anilines is 2. The predicted octanol–water partition coefficient (Wildman–Crippen LogP) is 6.87. The first-order valence-electron chi connectivity index (χ1n) is 8.72. The second kappa shape index (κ2) is 6.08. The monoisotopic (exact) mass is 335 g/mol. The van der Waals surface area contributed by atoms with Gasteiger partial charge in [-0.25, -0.2) is 0 Å². The van der Waals surface area contributed by atoms with Crippen molar-refractivity contribution in [2.75, 3.05) is 5.32 Å². The first-order valence-corrected chi connectivity index (χ1v) is 8.72. The molecule has 124 valence electrons. The van der Waals surface area contributed by atoms with Gasteiger partial charge in [0.15, 0.2) is 5.75 Å². The average Bonchev–Trinajstić information content (AvgIpc) is 2.84. The molecule has 0 unspecified atom stereocenters. The van der Waals surface area contributed by atoms with Gasteiger partial charge in [-0.1, -0.05) is 72.8 Å². The number of ether oxygens (including phenoxy) is 1. The van der Waals surface area contributed by atoms with E-state index in [4.69, 9.17) is 4.74 Å². The third kappa shape index (κ3) is 2.44. The van der Waals surface area contributed by atoms with Gasteiger partial charge in [-0.3, -0.25) is 0 Å². The molecule has 0 radical (unpaired) electrons. The van der Waals surface area contributed by atoms with Gasteiger partial charge in [0.2, 0.25) is 0 Å². The van der Waals surface area contributed by atoms with Crippen LogP contribution in [0.15, 0.2) is 97.1 Å². The summed E-state index contributed by atoms with van der Waals surface area (Å²) in [6.07, 6.45) is 0. The molecule has 1 aliphatic heterocycles.